The normalized spacial score (nSPS) is 30.0. The Kier molecular flexibility index (Phi) is 4.38. The molecule has 4 saturated carbocycles. The lowest BCUT2D eigenvalue weighted by Gasteiger charge is -2.56. The molecule has 0 saturated heterocycles. The number of aromatic nitrogens is 2. The zero-order valence-electron chi connectivity index (χ0n) is 16.6. The second kappa shape index (κ2) is 6.83. The van der Waals surface area contributed by atoms with Gasteiger partial charge in [0.05, 0.1) is 5.69 Å². The number of imidazole rings is 1. The van der Waals surface area contributed by atoms with E-state index in [1.807, 2.05) is 0 Å². The molecule has 154 valence electrons. The summed E-state index contributed by atoms with van der Waals surface area (Å²) in [5.74, 6) is 1.69. The fourth-order valence-corrected chi connectivity index (χ4v) is 6.73. The van der Waals surface area contributed by atoms with Crippen LogP contribution in [-0.4, -0.2) is 39.5 Å². The Labute approximate surface area is 169 Å². The maximum absolute atomic E-state index is 13.1. The smallest absolute Gasteiger partial charge is 0.269 e. The van der Waals surface area contributed by atoms with Crippen molar-refractivity contribution in [2.45, 2.75) is 44.9 Å². The van der Waals surface area contributed by atoms with Gasteiger partial charge in [-0.25, -0.2) is 4.98 Å². The van der Waals surface area contributed by atoms with E-state index in [1.165, 1.54) is 38.5 Å². The molecule has 0 unspecified atom stereocenters. The first-order valence-corrected chi connectivity index (χ1v) is 10.7. The summed E-state index contributed by atoms with van der Waals surface area (Å²) < 4.78 is 1.66. The second-order valence-electron chi connectivity index (χ2n) is 9.45. The minimum atomic E-state index is -0.655. The number of nitrogens with zero attached hydrogens (tertiary/aromatic N) is 2. The van der Waals surface area contributed by atoms with Crippen LogP contribution in [0.5, 0.6) is 0 Å². The molecule has 4 N–H and O–H groups in total. The molecule has 0 radical (unpaired) electrons. The van der Waals surface area contributed by atoms with Gasteiger partial charge < -0.3 is 16.2 Å². The molecule has 4 aliphatic rings. The van der Waals surface area contributed by atoms with E-state index in [0.717, 1.165) is 17.8 Å². The monoisotopic (exact) mass is 396 g/mol. The quantitative estimate of drug-likeness (QED) is 0.693. The molecule has 2 aromatic heterocycles. The SMILES string of the molecule is NC(=O)c1nc2cccc(C(=O)NCC34CC5CC(CC(C5)C3)C4)n2c1CCO. The van der Waals surface area contributed by atoms with Gasteiger partial charge >= 0.3 is 0 Å². The molecule has 0 spiro atoms. The number of aliphatic hydroxyl groups excluding tert-OH is 1. The molecule has 29 heavy (non-hydrogen) atoms. The maximum Gasteiger partial charge on any atom is 0.269 e. The number of primary amides is 1. The van der Waals surface area contributed by atoms with Crippen LogP contribution in [0.15, 0.2) is 18.2 Å². The summed E-state index contributed by atoms with van der Waals surface area (Å²) in [6.45, 7) is 0.551. The molecule has 7 nitrogen and oxygen atoms in total. The van der Waals surface area contributed by atoms with Crippen molar-refractivity contribution in [3.63, 3.8) is 0 Å². The van der Waals surface area contributed by atoms with Crippen molar-refractivity contribution >= 4 is 17.5 Å². The Balaban J connectivity index is 1.42. The highest BCUT2D eigenvalue weighted by atomic mass is 16.3. The zero-order valence-corrected chi connectivity index (χ0v) is 16.6. The average molecular weight is 396 g/mol. The first-order chi connectivity index (χ1) is 14.0. The summed E-state index contributed by atoms with van der Waals surface area (Å²) in [6, 6.07) is 5.23. The maximum atomic E-state index is 13.1. The number of hydrogen-bond acceptors (Lipinski definition) is 4. The lowest BCUT2D eigenvalue weighted by atomic mass is 9.49. The number of hydrogen-bond donors (Lipinski definition) is 3. The largest absolute Gasteiger partial charge is 0.396 e. The number of rotatable bonds is 6. The predicted molar refractivity (Wildman–Crippen MR) is 107 cm³/mol. The van der Waals surface area contributed by atoms with E-state index < -0.39 is 5.91 Å². The van der Waals surface area contributed by atoms with Crippen LogP contribution in [0.4, 0.5) is 0 Å². The van der Waals surface area contributed by atoms with Gasteiger partial charge in [-0.3, -0.25) is 14.0 Å². The Morgan fingerprint density at radius 3 is 2.41 bits per heavy atom. The van der Waals surface area contributed by atoms with Crippen molar-refractivity contribution in [3.05, 3.63) is 35.3 Å². The third kappa shape index (κ3) is 3.12. The Morgan fingerprint density at radius 1 is 1.17 bits per heavy atom. The van der Waals surface area contributed by atoms with Crippen molar-refractivity contribution in [1.29, 1.82) is 0 Å². The minimum Gasteiger partial charge on any atom is -0.396 e. The molecule has 2 aromatic rings. The lowest BCUT2D eigenvalue weighted by Crippen LogP contribution is -2.51. The molecule has 7 heteroatoms. The number of pyridine rings is 1. The number of aliphatic hydroxyl groups is 1. The summed E-state index contributed by atoms with van der Waals surface area (Å²) in [5.41, 5.74) is 7.23. The summed E-state index contributed by atoms with van der Waals surface area (Å²) in [7, 11) is 0. The molecule has 2 heterocycles. The second-order valence-corrected chi connectivity index (χ2v) is 9.45. The van der Waals surface area contributed by atoms with E-state index in [-0.39, 0.29) is 30.0 Å². The molecule has 4 aliphatic carbocycles. The van der Waals surface area contributed by atoms with Gasteiger partial charge in [-0.2, -0.15) is 0 Å². The number of nitrogens with two attached hydrogens (primary N) is 1. The van der Waals surface area contributed by atoms with Crippen LogP contribution in [0.3, 0.4) is 0 Å². The molecule has 4 bridgehead atoms. The third-order valence-corrected chi connectivity index (χ3v) is 7.34. The molecule has 0 aliphatic heterocycles. The number of carbonyl (C=O) groups excluding carboxylic acids is 2. The first kappa shape index (κ1) is 18.6. The van der Waals surface area contributed by atoms with Gasteiger partial charge in [0.2, 0.25) is 0 Å². The van der Waals surface area contributed by atoms with Crippen molar-refractivity contribution in [3.8, 4) is 0 Å². The fourth-order valence-electron chi connectivity index (χ4n) is 6.73. The van der Waals surface area contributed by atoms with E-state index in [0.29, 0.717) is 23.6 Å². The van der Waals surface area contributed by atoms with Crippen LogP contribution in [0.25, 0.3) is 5.65 Å². The van der Waals surface area contributed by atoms with Crippen LogP contribution in [-0.2, 0) is 6.42 Å². The standard InChI is InChI=1S/C22H28N4O3/c23-20(28)19-16(4-5-27)26-17(2-1-3-18(26)25-19)21(29)24-12-22-9-13-6-14(10-22)8-15(7-13)11-22/h1-3,13-15,27H,4-12H2,(H2,23,28)(H,24,29). The molecule has 4 fully saturated rings. The van der Waals surface area contributed by atoms with Gasteiger partial charge in [-0.15, -0.1) is 0 Å². The zero-order chi connectivity index (χ0) is 20.2. The van der Waals surface area contributed by atoms with Crippen LogP contribution in [0, 0.1) is 23.2 Å². The van der Waals surface area contributed by atoms with Gasteiger partial charge in [-0.05, 0) is 73.8 Å². The first-order valence-electron chi connectivity index (χ1n) is 10.7. The highest BCUT2D eigenvalue weighted by molar-refractivity contribution is 5.96. The summed E-state index contributed by atoms with van der Waals surface area (Å²) in [6.07, 6.45) is 8.03. The molecule has 2 amide bonds. The third-order valence-electron chi connectivity index (χ3n) is 7.34. The summed E-state index contributed by atoms with van der Waals surface area (Å²) in [4.78, 5) is 29.2. The molecule has 0 atom stereocenters. The van der Waals surface area contributed by atoms with Crippen LogP contribution >= 0.6 is 0 Å². The molecule has 6 rings (SSSR count). The highest BCUT2D eigenvalue weighted by Crippen LogP contribution is 2.59. The van der Waals surface area contributed by atoms with E-state index in [4.69, 9.17) is 5.73 Å². The predicted octanol–water partition coefficient (Wildman–Crippen LogP) is 1.91. The van der Waals surface area contributed by atoms with Crippen molar-refractivity contribution in [2.75, 3.05) is 13.2 Å². The van der Waals surface area contributed by atoms with Gasteiger partial charge in [0.15, 0.2) is 0 Å². The summed E-state index contributed by atoms with van der Waals surface area (Å²) >= 11 is 0. The number of nitrogens with one attached hydrogen (secondary N) is 1. The average Bonchev–Trinajstić information content (AvgIpc) is 3.04. The number of carbonyl (C=O) groups is 2. The van der Waals surface area contributed by atoms with Gasteiger partial charge in [0.25, 0.3) is 11.8 Å². The van der Waals surface area contributed by atoms with Crippen molar-refractivity contribution in [1.82, 2.24) is 14.7 Å². The van der Waals surface area contributed by atoms with E-state index >= 15 is 0 Å². The Morgan fingerprint density at radius 2 is 1.83 bits per heavy atom. The number of fused-ring (bicyclic) bond motifs is 1. The van der Waals surface area contributed by atoms with Crippen molar-refractivity contribution < 1.29 is 14.7 Å². The lowest BCUT2D eigenvalue weighted by molar-refractivity contribution is -0.0503. The molecule has 0 aromatic carbocycles. The van der Waals surface area contributed by atoms with Crippen LogP contribution in [0.1, 0.15) is 65.2 Å². The van der Waals surface area contributed by atoms with Crippen LogP contribution in [0.2, 0.25) is 0 Å². The van der Waals surface area contributed by atoms with Gasteiger partial charge in [0.1, 0.15) is 17.0 Å². The van der Waals surface area contributed by atoms with Gasteiger partial charge in [-0.1, -0.05) is 6.07 Å². The van der Waals surface area contributed by atoms with Gasteiger partial charge in [0, 0.05) is 19.6 Å². The van der Waals surface area contributed by atoms with Crippen LogP contribution < -0.4 is 11.1 Å². The van der Waals surface area contributed by atoms with Crippen molar-refractivity contribution in [2.24, 2.45) is 28.9 Å². The Hall–Kier alpha value is -2.41. The van der Waals surface area contributed by atoms with E-state index in [2.05, 4.69) is 10.3 Å². The van der Waals surface area contributed by atoms with E-state index in [1.54, 1.807) is 22.6 Å². The molecular formula is C22H28N4O3. The topological polar surface area (TPSA) is 110 Å². The Bertz CT molecular complexity index is 945. The fraction of sp³-hybridized carbons (Fsp3) is 0.591. The molecular weight excluding hydrogens is 368 g/mol. The number of amides is 2. The van der Waals surface area contributed by atoms with E-state index in [9.17, 15) is 14.7 Å². The summed E-state index contributed by atoms with van der Waals surface area (Å²) in [5, 5.41) is 12.6. The highest BCUT2D eigenvalue weighted by Gasteiger charge is 2.50. The minimum absolute atomic E-state index is 0.111.